The van der Waals surface area contributed by atoms with Crippen molar-refractivity contribution >= 4 is 15.9 Å². The highest BCUT2D eigenvalue weighted by Crippen LogP contribution is 2.26. The second kappa shape index (κ2) is 6.36. The van der Waals surface area contributed by atoms with Crippen LogP contribution in [0.1, 0.15) is 12.0 Å². The SMILES string of the molecule is COc1cccc(OC)c1C#CCCBr. The Kier molecular flexibility index (Phi) is 5.06. The van der Waals surface area contributed by atoms with Gasteiger partial charge in [-0.05, 0) is 12.1 Å². The average molecular weight is 269 g/mol. The van der Waals surface area contributed by atoms with E-state index in [9.17, 15) is 0 Å². The van der Waals surface area contributed by atoms with Crippen LogP contribution in [0.3, 0.4) is 0 Å². The Morgan fingerprint density at radius 3 is 2.27 bits per heavy atom. The lowest BCUT2D eigenvalue weighted by molar-refractivity contribution is 0.392. The Hall–Kier alpha value is -1.14. The third-order valence-corrected chi connectivity index (χ3v) is 2.26. The van der Waals surface area contributed by atoms with Crippen molar-refractivity contribution in [3.63, 3.8) is 0 Å². The summed E-state index contributed by atoms with van der Waals surface area (Å²) in [5.74, 6) is 7.59. The van der Waals surface area contributed by atoms with E-state index in [1.54, 1.807) is 14.2 Å². The predicted octanol–water partition coefficient (Wildman–Crippen LogP) is 2.84. The maximum Gasteiger partial charge on any atom is 0.138 e. The molecule has 0 bridgehead atoms. The first-order valence-corrected chi connectivity index (χ1v) is 5.71. The smallest absolute Gasteiger partial charge is 0.138 e. The standard InChI is InChI=1S/C12H13BrO2/c1-14-11-7-5-8-12(15-2)10(11)6-3-4-9-13/h5,7-8H,4,9H2,1-2H3. The van der Waals surface area contributed by atoms with Gasteiger partial charge in [0.1, 0.15) is 17.1 Å². The molecular formula is C12H13BrO2. The van der Waals surface area contributed by atoms with Crippen molar-refractivity contribution < 1.29 is 9.47 Å². The zero-order chi connectivity index (χ0) is 11.1. The fourth-order valence-electron chi connectivity index (χ4n) is 1.17. The first-order chi connectivity index (χ1) is 7.33. The van der Waals surface area contributed by atoms with Crippen LogP contribution in [0.2, 0.25) is 0 Å². The summed E-state index contributed by atoms with van der Waals surface area (Å²) in [7, 11) is 3.26. The molecule has 15 heavy (non-hydrogen) atoms. The van der Waals surface area contributed by atoms with E-state index in [4.69, 9.17) is 9.47 Å². The minimum atomic E-state index is 0.747. The van der Waals surface area contributed by atoms with Crippen LogP contribution in [0, 0.1) is 11.8 Å². The van der Waals surface area contributed by atoms with Gasteiger partial charge in [-0.1, -0.05) is 33.8 Å². The van der Waals surface area contributed by atoms with E-state index in [-0.39, 0.29) is 0 Å². The van der Waals surface area contributed by atoms with Crippen molar-refractivity contribution in [1.29, 1.82) is 0 Å². The molecule has 0 amide bonds. The van der Waals surface area contributed by atoms with Gasteiger partial charge in [0.2, 0.25) is 0 Å². The number of rotatable bonds is 3. The molecule has 0 spiro atoms. The Balaban J connectivity index is 3.07. The predicted molar refractivity (Wildman–Crippen MR) is 64.8 cm³/mol. The summed E-state index contributed by atoms with van der Waals surface area (Å²) in [6, 6.07) is 5.63. The highest BCUT2D eigenvalue weighted by molar-refractivity contribution is 9.09. The van der Waals surface area contributed by atoms with E-state index >= 15 is 0 Å². The molecule has 0 fully saturated rings. The van der Waals surface area contributed by atoms with E-state index in [2.05, 4.69) is 27.8 Å². The first-order valence-electron chi connectivity index (χ1n) is 4.59. The van der Waals surface area contributed by atoms with Crippen LogP contribution in [-0.2, 0) is 0 Å². The zero-order valence-corrected chi connectivity index (χ0v) is 10.4. The van der Waals surface area contributed by atoms with Crippen molar-refractivity contribution in [2.45, 2.75) is 6.42 Å². The number of benzene rings is 1. The van der Waals surface area contributed by atoms with E-state index in [0.29, 0.717) is 0 Å². The van der Waals surface area contributed by atoms with Crippen molar-refractivity contribution in [3.8, 4) is 23.3 Å². The summed E-state index contributed by atoms with van der Waals surface area (Å²) < 4.78 is 10.4. The van der Waals surface area contributed by atoms with E-state index < -0.39 is 0 Å². The van der Waals surface area contributed by atoms with Gasteiger partial charge in [0.05, 0.1) is 14.2 Å². The Labute approximate surface area is 98.7 Å². The second-order valence-electron chi connectivity index (χ2n) is 2.78. The molecule has 1 aromatic rings. The first kappa shape index (κ1) is 11.9. The van der Waals surface area contributed by atoms with Crippen LogP contribution < -0.4 is 9.47 Å². The number of alkyl halides is 1. The Morgan fingerprint density at radius 2 is 1.80 bits per heavy atom. The summed E-state index contributed by atoms with van der Waals surface area (Å²) in [6.07, 6.45) is 0.807. The number of halogens is 1. The van der Waals surface area contributed by atoms with Crippen LogP contribution in [-0.4, -0.2) is 19.5 Å². The van der Waals surface area contributed by atoms with E-state index in [0.717, 1.165) is 28.8 Å². The van der Waals surface area contributed by atoms with Gasteiger partial charge in [0.25, 0.3) is 0 Å². The monoisotopic (exact) mass is 268 g/mol. The Morgan fingerprint density at radius 1 is 1.20 bits per heavy atom. The number of ether oxygens (including phenoxy) is 2. The molecule has 0 N–H and O–H groups in total. The highest BCUT2D eigenvalue weighted by Gasteiger charge is 2.05. The second-order valence-corrected chi connectivity index (χ2v) is 3.57. The summed E-state index contributed by atoms with van der Waals surface area (Å²) >= 11 is 3.33. The van der Waals surface area contributed by atoms with Gasteiger partial charge in [-0.15, -0.1) is 0 Å². The number of methoxy groups -OCH3 is 2. The molecule has 0 aliphatic carbocycles. The van der Waals surface area contributed by atoms with Gasteiger partial charge in [0.15, 0.2) is 0 Å². The average Bonchev–Trinajstić information content (AvgIpc) is 2.29. The molecule has 0 aromatic heterocycles. The van der Waals surface area contributed by atoms with E-state index in [1.807, 2.05) is 18.2 Å². The van der Waals surface area contributed by atoms with E-state index in [1.165, 1.54) is 0 Å². The molecule has 0 aliphatic rings. The molecule has 0 atom stereocenters. The maximum atomic E-state index is 5.22. The molecule has 1 aromatic carbocycles. The molecule has 0 saturated carbocycles. The molecule has 3 heteroatoms. The third kappa shape index (κ3) is 3.17. The normalized spacial score (nSPS) is 9.00. The third-order valence-electron chi connectivity index (χ3n) is 1.86. The summed E-state index contributed by atoms with van der Waals surface area (Å²) in [4.78, 5) is 0. The Bertz CT molecular complexity index is 355. The van der Waals surface area contributed by atoms with Crippen LogP contribution >= 0.6 is 15.9 Å². The van der Waals surface area contributed by atoms with Crippen LogP contribution in [0.4, 0.5) is 0 Å². The molecule has 0 unspecified atom stereocenters. The molecule has 0 radical (unpaired) electrons. The molecule has 0 saturated heterocycles. The highest BCUT2D eigenvalue weighted by atomic mass is 79.9. The molecule has 0 heterocycles. The minimum absolute atomic E-state index is 0.747. The van der Waals surface area contributed by atoms with Crippen LogP contribution in [0.25, 0.3) is 0 Å². The zero-order valence-electron chi connectivity index (χ0n) is 8.84. The van der Waals surface area contributed by atoms with Gasteiger partial charge in [0, 0.05) is 11.8 Å². The lowest BCUT2D eigenvalue weighted by Gasteiger charge is -2.07. The van der Waals surface area contributed by atoms with Gasteiger partial charge >= 0.3 is 0 Å². The molecule has 80 valence electrons. The molecular weight excluding hydrogens is 256 g/mol. The topological polar surface area (TPSA) is 18.5 Å². The summed E-state index contributed by atoms with van der Waals surface area (Å²) in [6.45, 7) is 0. The van der Waals surface area contributed by atoms with Crippen molar-refractivity contribution in [3.05, 3.63) is 23.8 Å². The fourth-order valence-corrected chi connectivity index (χ4v) is 1.37. The fraction of sp³-hybridized carbons (Fsp3) is 0.333. The van der Waals surface area contributed by atoms with Gasteiger partial charge in [-0.2, -0.15) is 0 Å². The van der Waals surface area contributed by atoms with Gasteiger partial charge in [-0.3, -0.25) is 0 Å². The molecule has 1 rings (SSSR count). The molecule has 2 nitrogen and oxygen atoms in total. The van der Waals surface area contributed by atoms with Crippen molar-refractivity contribution in [2.75, 3.05) is 19.5 Å². The van der Waals surface area contributed by atoms with Crippen LogP contribution in [0.5, 0.6) is 11.5 Å². The number of hydrogen-bond acceptors (Lipinski definition) is 2. The largest absolute Gasteiger partial charge is 0.495 e. The maximum absolute atomic E-state index is 5.22. The number of hydrogen-bond donors (Lipinski definition) is 0. The van der Waals surface area contributed by atoms with Gasteiger partial charge < -0.3 is 9.47 Å². The summed E-state index contributed by atoms with van der Waals surface area (Å²) in [5.41, 5.74) is 0.809. The quantitative estimate of drug-likeness (QED) is 0.620. The molecule has 0 aliphatic heterocycles. The van der Waals surface area contributed by atoms with Crippen molar-refractivity contribution in [2.24, 2.45) is 0 Å². The summed E-state index contributed by atoms with van der Waals surface area (Å²) in [5, 5.41) is 0.872. The van der Waals surface area contributed by atoms with Crippen molar-refractivity contribution in [1.82, 2.24) is 0 Å². The lowest BCUT2D eigenvalue weighted by atomic mass is 10.2. The minimum Gasteiger partial charge on any atom is -0.495 e. The van der Waals surface area contributed by atoms with Crippen LogP contribution in [0.15, 0.2) is 18.2 Å². The lowest BCUT2D eigenvalue weighted by Crippen LogP contribution is -1.92. The van der Waals surface area contributed by atoms with Gasteiger partial charge in [-0.25, -0.2) is 0 Å².